The predicted octanol–water partition coefficient (Wildman–Crippen LogP) is 0.0671. The quantitative estimate of drug-likeness (QED) is 0.272. The molecule has 5 atom stereocenters. The molecule has 4 rings (SSSR count). The van der Waals surface area contributed by atoms with Gasteiger partial charge in [0.1, 0.15) is 46.9 Å². The van der Waals surface area contributed by atoms with E-state index in [4.69, 9.17) is 23.4 Å². The number of hydrogen-bond acceptors (Lipinski definition) is 12. The van der Waals surface area contributed by atoms with E-state index in [2.05, 4.69) is 0 Å². The van der Waals surface area contributed by atoms with Crippen molar-refractivity contribution in [1.82, 2.24) is 0 Å². The average Bonchev–Trinajstić information content (AvgIpc) is 2.85. The fourth-order valence-corrected chi connectivity index (χ4v) is 3.77. The fourth-order valence-electron chi connectivity index (χ4n) is 3.77. The second kappa shape index (κ2) is 9.60. The van der Waals surface area contributed by atoms with Gasteiger partial charge in [-0.3, -0.25) is 4.79 Å². The molecular weight excluding hydrogens is 468 g/mol. The third kappa shape index (κ3) is 4.33. The van der Waals surface area contributed by atoms with Gasteiger partial charge in [-0.2, -0.15) is 0 Å². The predicted molar refractivity (Wildman–Crippen MR) is 119 cm³/mol. The van der Waals surface area contributed by atoms with Gasteiger partial charge in [-0.25, -0.2) is 0 Å². The molecular formula is C23H24O12. The van der Waals surface area contributed by atoms with Crippen LogP contribution in [0.3, 0.4) is 0 Å². The van der Waals surface area contributed by atoms with E-state index in [1.165, 1.54) is 44.6 Å². The number of ether oxygens (including phenoxy) is 4. The standard InChI is InChI=1S/C23H24O12/c1-31-10-6-12(26)16-14(7-10)33-21(9-3-4-11(25)13(5-9)32-2)22(18(16)28)35-23-20(30)19(29)17(27)15(8-24)34-23/h3-7,15,17,19-20,23-27,29-30H,8H2,1-2H3/t15-,17+,19+,20-,23+/m1/s1. The van der Waals surface area contributed by atoms with Gasteiger partial charge >= 0.3 is 0 Å². The summed E-state index contributed by atoms with van der Waals surface area (Å²) < 4.78 is 27.2. The largest absolute Gasteiger partial charge is 0.507 e. The molecule has 1 saturated heterocycles. The minimum Gasteiger partial charge on any atom is -0.507 e. The van der Waals surface area contributed by atoms with E-state index in [-0.39, 0.29) is 39.5 Å². The van der Waals surface area contributed by atoms with Crippen molar-refractivity contribution >= 4 is 11.0 Å². The highest BCUT2D eigenvalue weighted by atomic mass is 16.7. The first-order chi connectivity index (χ1) is 16.7. The highest BCUT2D eigenvalue weighted by molar-refractivity contribution is 5.88. The van der Waals surface area contributed by atoms with Gasteiger partial charge in [0.15, 0.2) is 17.3 Å². The Kier molecular flexibility index (Phi) is 6.74. The second-order valence-electron chi connectivity index (χ2n) is 7.81. The maximum Gasteiger partial charge on any atom is 0.239 e. The van der Waals surface area contributed by atoms with E-state index in [0.29, 0.717) is 0 Å². The van der Waals surface area contributed by atoms with Gasteiger partial charge in [-0.1, -0.05) is 0 Å². The number of phenolic OH excluding ortho intramolecular Hbond substituents is 2. The molecule has 1 aliphatic rings. The van der Waals surface area contributed by atoms with Crippen molar-refractivity contribution in [2.45, 2.75) is 30.7 Å². The third-order valence-electron chi connectivity index (χ3n) is 5.67. The van der Waals surface area contributed by atoms with Crippen molar-refractivity contribution < 1.29 is 54.0 Å². The first kappa shape index (κ1) is 24.6. The zero-order chi connectivity index (χ0) is 25.4. The summed E-state index contributed by atoms with van der Waals surface area (Å²) in [5.74, 6) is -1.11. The minimum absolute atomic E-state index is 0.0533. The van der Waals surface area contributed by atoms with E-state index in [0.717, 1.165) is 0 Å². The van der Waals surface area contributed by atoms with Crippen LogP contribution >= 0.6 is 0 Å². The smallest absolute Gasteiger partial charge is 0.239 e. The van der Waals surface area contributed by atoms with Crippen LogP contribution in [0.4, 0.5) is 0 Å². The molecule has 0 unspecified atom stereocenters. The Hall–Kier alpha value is -3.55. The van der Waals surface area contributed by atoms with Crippen LogP contribution in [0.15, 0.2) is 39.5 Å². The van der Waals surface area contributed by atoms with Gasteiger partial charge in [0, 0.05) is 17.7 Å². The van der Waals surface area contributed by atoms with Gasteiger partial charge < -0.3 is 54.0 Å². The Morgan fingerprint density at radius 2 is 1.69 bits per heavy atom. The van der Waals surface area contributed by atoms with Crippen molar-refractivity contribution in [3.05, 3.63) is 40.6 Å². The summed E-state index contributed by atoms with van der Waals surface area (Å²) in [7, 11) is 2.69. The molecule has 1 fully saturated rings. The fraction of sp³-hybridized carbons (Fsp3) is 0.348. The van der Waals surface area contributed by atoms with E-state index in [1.807, 2.05) is 0 Å². The monoisotopic (exact) mass is 492 g/mol. The molecule has 2 heterocycles. The van der Waals surface area contributed by atoms with Crippen molar-refractivity contribution in [2.24, 2.45) is 0 Å². The molecule has 12 heteroatoms. The van der Waals surface area contributed by atoms with E-state index < -0.39 is 54.2 Å². The Balaban J connectivity index is 1.92. The lowest BCUT2D eigenvalue weighted by Gasteiger charge is -2.39. The number of phenols is 2. The lowest BCUT2D eigenvalue weighted by Crippen LogP contribution is -2.60. The molecule has 2 aromatic carbocycles. The zero-order valence-corrected chi connectivity index (χ0v) is 18.6. The average molecular weight is 492 g/mol. The van der Waals surface area contributed by atoms with Gasteiger partial charge in [0.25, 0.3) is 0 Å². The van der Waals surface area contributed by atoms with Crippen molar-refractivity contribution in [3.63, 3.8) is 0 Å². The number of fused-ring (bicyclic) bond motifs is 1. The Morgan fingerprint density at radius 3 is 2.34 bits per heavy atom. The summed E-state index contributed by atoms with van der Waals surface area (Å²) in [5, 5.41) is 60.1. The number of hydrogen-bond donors (Lipinski definition) is 6. The summed E-state index contributed by atoms with van der Waals surface area (Å²) in [6, 6.07) is 6.62. The van der Waals surface area contributed by atoms with Gasteiger partial charge in [-0.15, -0.1) is 0 Å². The van der Waals surface area contributed by atoms with Crippen molar-refractivity contribution in [3.8, 4) is 40.1 Å². The van der Waals surface area contributed by atoms with Crippen molar-refractivity contribution in [2.75, 3.05) is 20.8 Å². The number of methoxy groups -OCH3 is 2. The Morgan fingerprint density at radius 1 is 0.943 bits per heavy atom. The summed E-state index contributed by atoms with van der Waals surface area (Å²) in [5.41, 5.74) is -0.707. The molecule has 188 valence electrons. The summed E-state index contributed by atoms with van der Waals surface area (Å²) in [6.45, 7) is -0.709. The number of aliphatic hydroxyl groups excluding tert-OH is 4. The number of aromatic hydroxyl groups is 2. The van der Waals surface area contributed by atoms with Crippen LogP contribution in [0.25, 0.3) is 22.3 Å². The first-order valence-corrected chi connectivity index (χ1v) is 10.4. The van der Waals surface area contributed by atoms with Gasteiger partial charge in [0.2, 0.25) is 17.5 Å². The normalized spacial score (nSPS) is 24.3. The lowest BCUT2D eigenvalue weighted by atomic mass is 9.99. The molecule has 3 aromatic rings. The maximum absolute atomic E-state index is 13.5. The molecule has 0 aliphatic carbocycles. The van der Waals surface area contributed by atoms with E-state index in [1.54, 1.807) is 0 Å². The van der Waals surface area contributed by atoms with Crippen LogP contribution in [-0.2, 0) is 4.74 Å². The first-order valence-electron chi connectivity index (χ1n) is 10.4. The Bertz CT molecular complexity index is 1280. The highest BCUT2D eigenvalue weighted by Crippen LogP contribution is 2.39. The van der Waals surface area contributed by atoms with Crippen LogP contribution in [0, 0.1) is 0 Å². The summed E-state index contributed by atoms with van der Waals surface area (Å²) in [4.78, 5) is 13.5. The minimum atomic E-state index is -1.81. The number of benzene rings is 2. The number of rotatable bonds is 6. The molecule has 12 nitrogen and oxygen atoms in total. The Labute approximate surface area is 197 Å². The van der Waals surface area contributed by atoms with Gasteiger partial charge in [-0.05, 0) is 18.2 Å². The number of aliphatic hydroxyl groups is 4. The van der Waals surface area contributed by atoms with Crippen LogP contribution in [0.1, 0.15) is 0 Å². The van der Waals surface area contributed by atoms with Crippen LogP contribution in [-0.4, -0.2) is 82.2 Å². The molecule has 0 saturated carbocycles. The van der Waals surface area contributed by atoms with Crippen molar-refractivity contribution in [1.29, 1.82) is 0 Å². The molecule has 0 spiro atoms. The third-order valence-corrected chi connectivity index (χ3v) is 5.67. The van der Waals surface area contributed by atoms with E-state index in [9.17, 15) is 35.4 Å². The van der Waals surface area contributed by atoms with Crippen LogP contribution < -0.4 is 19.6 Å². The lowest BCUT2D eigenvalue weighted by molar-refractivity contribution is -0.277. The molecule has 0 bridgehead atoms. The SMILES string of the molecule is COc1cc(O)c2c(=O)c(O[C@@H]3O[C@H](CO)[C@H](O)[C@H](O)[C@H]3O)c(-c3ccc(O)c(OC)c3)oc2c1. The molecule has 1 aliphatic heterocycles. The zero-order valence-electron chi connectivity index (χ0n) is 18.6. The molecule has 0 radical (unpaired) electrons. The second-order valence-corrected chi connectivity index (χ2v) is 7.81. The van der Waals surface area contributed by atoms with E-state index >= 15 is 0 Å². The topological polar surface area (TPSA) is 189 Å². The molecule has 6 N–H and O–H groups in total. The summed E-state index contributed by atoms with van der Waals surface area (Å²) in [6.07, 6.45) is -8.20. The highest BCUT2D eigenvalue weighted by Gasteiger charge is 2.45. The molecule has 0 amide bonds. The molecule has 35 heavy (non-hydrogen) atoms. The van der Waals surface area contributed by atoms with Crippen LogP contribution in [0.5, 0.6) is 28.7 Å². The summed E-state index contributed by atoms with van der Waals surface area (Å²) >= 11 is 0. The molecule has 1 aromatic heterocycles. The maximum atomic E-state index is 13.5. The van der Waals surface area contributed by atoms with Crippen LogP contribution in [0.2, 0.25) is 0 Å². The van der Waals surface area contributed by atoms with Gasteiger partial charge in [0.05, 0.1) is 20.8 Å².